The maximum Gasteiger partial charge on any atom is 0.0843 e. The summed E-state index contributed by atoms with van der Waals surface area (Å²) >= 11 is 8.79. The standard InChI is InChI=1S/C11H18Br2N2S/c1-11(2,6-14)7-15(3)5-8-4-9(12)10(13)16-8/h4H,5-7,14H2,1-3H3. The lowest BCUT2D eigenvalue weighted by molar-refractivity contribution is 0.211. The van der Waals surface area contributed by atoms with E-state index in [9.17, 15) is 0 Å². The summed E-state index contributed by atoms with van der Waals surface area (Å²) in [6, 6.07) is 2.17. The van der Waals surface area contributed by atoms with Crippen molar-refractivity contribution < 1.29 is 0 Å². The Morgan fingerprint density at radius 1 is 1.44 bits per heavy atom. The Morgan fingerprint density at radius 3 is 2.50 bits per heavy atom. The van der Waals surface area contributed by atoms with E-state index < -0.39 is 0 Å². The van der Waals surface area contributed by atoms with Crippen molar-refractivity contribution in [2.45, 2.75) is 20.4 Å². The number of hydrogen-bond acceptors (Lipinski definition) is 3. The van der Waals surface area contributed by atoms with E-state index in [1.54, 1.807) is 11.3 Å². The third-order valence-electron chi connectivity index (χ3n) is 2.37. The highest BCUT2D eigenvalue weighted by molar-refractivity contribution is 9.13. The van der Waals surface area contributed by atoms with Crippen LogP contribution in [0.1, 0.15) is 18.7 Å². The minimum atomic E-state index is 0.181. The van der Waals surface area contributed by atoms with Gasteiger partial charge in [0.2, 0.25) is 0 Å². The molecular formula is C11H18Br2N2S. The van der Waals surface area contributed by atoms with Gasteiger partial charge >= 0.3 is 0 Å². The molecule has 16 heavy (non-hydrogen) atoms. The van der Waals surface area contributed by atoms with E-state index in [1.165, 1.54) is 4.88 Å². The third kappa shape index (κ3) is 4.45. The van der Waals surface area contributed by atoms with Gasteiger partial charge in [0.05, 0.1) is 3.79 Å². The first kappa shape index (κ1) is 14.6. The highest BCUT2D eigenvalue weighted by atomic mass is 79.9. The SMILES string of the molecule is CN(Cc1cc(Br)c(Br)s1)CC(C)(C)CN. The first-order chi connectivity index (χ1) is 7.34. The average Bonchev–Trinajstić information content (AvgIpc) is 2.44. The van der Waals surface area contributed by atoms with Gasteiger partial charge in [-0.2, -0.15) is 0 Å². The largest absolute Gasteiger partial charge is 0.330 e. The van der Waals surface area contributed by atoms with Crippen LogP contribution < -0.4 is 5.73 Å². The van der Waals surface area contributed by atoms with Crippen LogP contribution in [0, 0.1) is 5.41 Å². The molecule has 0 atom stereocenters. The van der Waals surface area contributed by atoms with E-state index in [1.807, 2.05) is 0 Å². The van der Waals surface area contributed by atoms with Gasteiger partial charge in [0.1, 0.15) is 0 Å². The number of hydrogen-bond donors (Lipinski definition) is 1. The Kier molecular flexibility index (Phi) is 5.45. The minimum Gasteiger partial charge on any atom is -0.330 e. The van der Waals surface area contributed by atoms with Crippen LogP contribution in [0.4, 0.5) is 0 Å². The fraction of sp³-hybridized carbons (Fsp3) is 0.636. The second-order valence-corrected chi connectivity index (χ2v) is 8.18. The molecule has 0 fully saturated rings. The molecule has 0 saturated carbocycles. The van der Waals surface area contributed by atoms with Gasteiger partial charge in [-0.05, 0) is 56.9 Å². The van der Waals surface area contributed by atoms with Crippen LogP contribution in [0.3, 0.4) is 0 Å². The molecule has 1 heterocycles. The van der Waals surface area contributed by atoms with E-state index >= 15 is 0 Å². The van der Waals surface area contributed by atoms with Crippen molar-refractivity contribution in [3.05, 3.63) is 19.2 Å². The van der Waals surface area contributed by atoms with E-state index in [0.29, 0.717) is 0 Å². The second-order valence-electron chi connectivity index (χ2n) is 4.87. The van der Waals surface area contributed by atoms with Crippen molar-refractivity contribution in [2.24, 2.45) is 11.1 Å². The summed E-state index contributed by atoms with van der Waals surface area (Å²) in [5, 5.41) is 0. The molecular weight excluding hydrogens is 352 g/mol. The highest BCUT2D eigenvalue weighted by Crippen LogP contribution is 2.33. The average molecular weight is 370 g/mol. The summed E-state index contributed by atoms with van der Waals surface area (Å²) in [5.74, 6) is 0. The Bertz CT molecular complexity index is 330. The summed E-state index contributed by atoms with van der Waals surface area (Å²) in [4.78, 5) is 3.67. The molecule has 0 unspecified atom stereocenters. The van der Waals surface area contributed by atoms with Crippen LogP contribution in [-0.2, 0) is 6.54 Å². The van der Waals surface area contributed by atoms with Crippen LogP contribution in [0.2, 0.25) is 0 Å². The smallest absolute Gasteiger partial charge is 0.0843 e. The fourth-order valence-corrected chi connectivity index (χ4v) is 3.84. The van der Waals surface area contributed by atoms with Gasteiger partial charge in [0.25, 0.3) is 0 Å². The third-order valence-corrected chi connectivity index (χ3v) is 5.61. The Hall–Kier alpha value is 0.580. The fourth-order valence-electron chi connectivity index (χ4n) is 1.59. The molecule has 0 aliphatic rings. The normalized spacial score (nSPS) is 12.4. The molecule has 2 nitrogen and oxygen atoms in total. The minimum absolute atomic E-state index is 0.181. The molecule has 92 valence electrons. The molecule has 0 bridgehead atoms. The maximum absolute atomic E-state index is 5.74. The van der Waals surface area contributed by atoms with E-state index in [4.69, 9.17) is 5.73 Å². The van der Waals surface area contributed by atoms with Crippen molar-refractivity contribution >= 4 is 43.2 Å². The predicted octanol–water partition coefficient (Wildman–Crippen LogP) is 3.69. The molecule has 0 radical (unpaired) electrons. The monoisotopic (exact) mass is 368 g/mol. The zero-order valence-electron chi connectivity index (χ0n) is 9.89. The Balaban J connectivity index is 2.54. The zero-order chi connectivity index (χ0) is 12.3. The lowest BCUT2D eigenvalue weighted by Gasteiger charge is -2.28. The van der Waals surface area contributed by atoms with Crippen molar-refractivity contribution in [3.8, 4) is 0 Å². The molecule has 1 aromatic heterocycles. The summed E-state index contributed by atoms with van der Waals surface area (Å²) < 4.78 is 2.30. The van der Waals surface area contributed by atoms with Gasteiger partial charge in [-0.25, -0.2) is 0 Å². The van der Waals surface area contributed by atoms with Crippen LogP contribution in [-0.4, -0.2) is 25.0 Å². The molecule has 0 aromatic carbocycles. The molecule has 0 aliphatic carbocycles. The zero-order valence-corrected chi connectivity index (χ0v) is 13.9. The van der Waals surface area contributed by atoms with Crippen LogP contribution >= 0.6 is 43.2 Å². The summed E-state index contributed by atoms with van der Waals surface area (Å²) in [5.41, 5.74) is 5.92. The molecule has 2 N–H and O–H groups in total. The first-order valence-electron chi connectivity index (χ1n) is 5.16. The van der Waals surface area contributed by atoms with E-state index in [2.05, 4.69) is 63.7 Å². The van der Waals surface area contributed by atoms with Crippen molar-refractivity contribution in [1.29, 1.82) is 0 Å². The van der Waals surface area contributed by atoms with Crippen molar-refractivity contribution in [3.63, 3.8) is 0 Å². The number of rotatable bonds is 5. The molecule has 0 amide bonds. The second kappa shape index (κ2) is 5.96. The Morgan fingerprint density at radius 2 is 2.06 bits per heavy atom. The van der Waals surface area contributed by atoms with Gasteiger partial charge in [-0.1, -0.05) is 13.8 Å². The Labute approximate surface area is 118 Å². The van der Waals surface area contributed by atoms with Gasteiger partial charge in [-0.15, -0.1) is 11.3 Å². The van der Waals surface area contributed by atoms with E-state index in [-0.39, 0.29) is 5.41 Å². The number of nitrogens with zero attached hydrogens (tertiary/aromatic N) is 1. The molecule has 0 saturated heterocycles. The van der Waals surface area contributed by atoms with Crippen molar-refractivity contribution in [2.75, 3.05) is 20.1 Å². The quantitative estimate of drug-likeness (QED) is 0.857. The molecule has 5 heteroatoms. The van der Waals surface area contributed by atoms with Crippen LogP contribution in [0.25, 0.3) is 0 Å². The van der Waals surface area contributed by atoms with Crippen LogP contribution in [0.5, 0.6) is 0 Å². The number of halogens is 2. The summed E-state index contributed by atoms with van der Waals surface area (Å²) in [7, 11) is 2.14. The van der Waals surface area contributed by atoms with Gasteiger partial charge < -0.3 is 10.6 Å². The summed E-state index contributed by atoms with van der Waals surface area (Å²) in [6.45, 7) is 7.09. The van der Waals surface area contributed by atoms with Crippen molar-refractivity contribution in [1.82, 2.24) is 4.90 Å². The number of nitrogens with two attached hydrogens (primary N) is 1. The lowest BCUT2D eigenvalue weighted by Crippen LogP contribution is -2.36. The van der Waals surface area contributed by atoms with Gasteiger partial charge in [0, 0.05) is 22.4 Å². The number of thiophene rings is 1. The maximum atomic E-state index is 5.74. The van der Waals surface area contributed by atoms with Gasteiger partial charge in [0.15, 0.2) is 0 Å². The van der Waals surface area contributed by atoms with Gasteiger partial charge in [-0.3, -0.25) is 0 Å². The molecule has 1 rings (SSSR count). The highest BCUT2D eigenvalue weighted by Gasteiger charge is 2.18. The molecule has 0 spiro atoms. The summed E-state index contributed by atoms with van der Waals surface area (Å²) in [6.07, 6.45) is 0. The first-order valence-corrected chi connectivity index (χ1v) is 7.56. The predicted molar refractivity (Wildman–Crippen MR) is 78.9 cm³/mol. The molecule has 1 aromatic rings. The molecule has 0 aliphatic heterocycles. The topological polar surface area (TPSA) is 29.3 Å². The van der Waals surface area contributed by atoms with Crippen LogP contribution in [0.15, 0.2) is 14.3 Å². The lowest BCUT2D eigenvalue weighted by atomic mass is 9.93. The van der Waals surface area contributed by atoms with E-state index in [0.717, 1.165) is 27.9 Å².